The third kappa shape index (κ3) is 5.15. The van der Waals surface area contributed by atoms with Gasteiger partial charge in [0.25, 0.3) is 5.91 Å². The lowest BCUT2D eigenvalue weighted by molar-refractivity contribution is 0.0381. The first-order valence-corrected chi connectivity index (χ1v) is 11.2. The largest absolute Gasteiger partial charge is 0.465 e. The number of halogens is 3. The number of amides is 2. The van der Waals surface area contributed by atoms with Crippen LogP contribution in [0.15, 0.2) is 48.8 Å². The fourth-order valence-corrected chi connectivity index (χ4v) is 4.60. The first kappa shape index (κ1) is 25.1. The van der Waals surface area contributed by atoms with Crippen LogP contribution in [0.5, 0.6) is 0 Å². The maximum atomic E-state index is 14.4. The molecule has 0 radical (unpaired) electrons. The van der Waals surface area contributed by atoms with Gasteiger partial charge in [0.05, 0.1) is 29.6 Å². The van der Waals surface area contributed by atoms with E-state index in [0.717, 1.165) is 30.3 Å². The first-order chi connectivity index (χ1) is 17.2. The van der Waals surface area contributed by atoms with Gasteiger partial charge in [0.1, 0.15) is 28.8 Å². The van der Waals surface area contributed by atoms with E-state index in [9.17, 15) is 27.9 Å². The third-order valence-electron chi connectivity index (χ3n) is 6.32. The minimum absolute atomic E-state index is 0.220. The van der Waals surface area contributed by atoms with Crippen LogP contribution in [-0.2, 0) is 0 Å². The Kier molecular flexibility index (Phi) is 7.20. The summed E-state index contributed by atoms with van der Waals surface area (Å²) in [4.78, 5) is 32.1. The summed E-state index contributed by atoms with van der Waals surface area (Å²) in [7, 11) is 0. The number of anilines is 1. The Morgan fingerprint density at radius 1 is 1.03 bits per heavy atom. The van der Waals surface area contributed by atoms with E-state index in [2.05, 4.69) is 20.6 Å². The smallest absolute Gasteiger partial charge is 0.404 e. The number of benzene rings is 1. The van der Waals surface area contributed by atoms with Crippen molar-refractivity contribution in [3.05, 3.63) is 77.5 Å². The molecule has 0 saturated heterocycles. The predicted molar refractivity (Wildman–Crippen MR) is 124 cm³/mol. The monoisotopic (exact) mass is 500 g/mol. The molecular formula is C25H23F3N4O4. The van der Waals surface area contributed by atoms with Crippen molar-refractivity contribution in [2.24, 2.45) is 5.92 Å². The maximum Gasteiger partial charge on any atom is 0.404 e. The van der Waals surface area contributed by atoms with Gasteiger partial charge in [-0.05, 0) is 60.6 Å². The molecule has 188 valence electrons. The van der Waals surface area contributed by atoms with Crippen LogP contribution in [0.2, 0.25) is 0 Å². The maximum absolute atomic E-state index is 14.4. The number of carbonyl (C=O) groups excluding carboxylic acids is 1. The molecule has 4 rings (SSSR count). The second-order valence-corrected chi connectivity index (χ2v) is 8.73. The van der Waals surface area contributed by atoms with Crippen molar-refractivity contribution in [1.29, 1.82) is 0 Å². The molecule has 4 atom stereocenters. The van der Waals surface area contributed by atoms with Crippen molar-refractivity contribution < 1.29 is 33.0 Å². The summed E-state index contributed by atoms with van der Waals surface area (Å²) < 4.78 is 42.8. The van der Waals surface area contributed by atoms with Crippen molar-refractivity contribution in [3.8, 4) is 11.3 Å². The van der Waals surface area contributed by atoms with Gasteiger partial charge in [0.15, 0.2) is 0 Å². The zero-order valence-electron chi connectivity index (χ0n) is 19.1. The molecule has 11 heteroatoms. The molecule has 0 spiro atoms. The van der Waals surface area contributed by atoms with E-state index in [1.165, 1.54) is 12.4 Å². The number of aliphatic hydroxyl groups excluding tert-OH is 1. The van der Waals surface area contributed by atoms with Gasteiger partial charge >= 0.3 is 6.09 Å². The van der Waals surface area contributed by atoms with E-state index in [0.29, 0.717) is 17.7 Å². The second kappa shape index (κ2) is 10.3. The standard InChI is InChI=1S/C25H23F3N4O4/c1-12-9-13(10-19(23(12)33)32-25(35)36)14-7-8-29-11-20(14)31-24(34)18-6-5-17(28)22(30-18)21-15(26)3-2-4-16(21)27/h2-8,11-13,19,23,32-33H,9-10H2,1H3,(H,31,34)(H,35,36)/t12-,13+,19+,23+/m0/s1. The molecule has 3 aromatic rings. The van der Waals surface area contributed by atoms with Crippen LogP contribution in [-0.4, -0.2) is 44.3 Å². The SMILES string of the molecule is C[C@H]1C[C@@H](c2ccncc2NC(=O)c2ccc(F)c(-c3c(F)cccc3F)n2)C[C@@H](NC(=O)O)[C@@H]1O. The van der Waals surface area contributed by atoms with Crippen molar-refractivity contribution in [2.45, 2.75) is 37.8 Å². The van der Waals surface area contributed by atoms with E-state index in [4.69, 9.17) is 5.11 Å². The zero-order chi connectivity index (χ0) is 26.0. The molecule has 2 amide bonds. The van der Waals surface area contributed by atoms with Crippen LogP contribution >= 0.6 is 0 Å². The summed E-state index contributed by atoms with van der Waals surface area (Å²) in [5.41, 5.74) is -0.617. The summed E-state index contributed by atoms with van der Waals surface area (Å²) in [6.07, 6.45) is 1.63. The van der Waals surface area contributed by atoms with Crippen LogP contribution in [0.4, 0.5) is 23.7 Å². The lowest BCUT2D eigenvalue weighted by atomic mass is 9.74. The number of rotatable bonds is 5. The Balaban J connectivity index is 1.62. The molecule has 4 N–H and O–H groups in total. The van der Waals surface area contributed by atoms with Gasteiger partial charge in [-0.3, -0.25) is 9.78 Å². The minimum Gasteiger partial charge on any atom is -0.465 e. The zero-order valence-corrected chi connectivity index (χ0v) is 19.1. The summed E-state index contributed by atoms with van der Waals surface area (Å²) >= 11 is 0. The number of aromatic nitrogens is 2. The average Bonchev–Trinajstić information content (AvgIpc) is 2.83. The summed E-state index contributed by atoms with van der Waals surface area (Å²) in [5, 5.41) is 24.5. The van der Waals surface area contributed by atoms with Gasteiger partial charge in [-0.2, -0.15) is 0 Å². The van der Waals surface area contributed by atoms with E-state index in [-0.39, 0.29) is 24.0 Å². The van der Waals surface area contributed by atoms with Gasteiger partial charge < -0.3 is 20.8 Å². The number of pyridine rings is 2. The molecular weight excluding hydrogens is 477 g/mol. The Bertz CT molecular complexity index is 1290. The van der Waals surface area contributed by atoms with Gasteiger partial charge in [0, 0.05) is 6.20 Å². The van der Waals surface area contributed by atoms with Gasteiger partial charge in [-0.15, -0.1) is 0 Å². The topological polar surface area (TPSA) is 124 Å². The molecule has 1 fully saturated rings. The fraction of sp³-hybridized carbons (Fsp3) is 0.280. The molecule has 0 unspecified atom stereocenters. The quantitative estimate of drug-likeness (QED) is 0.414. The normalized spacial score (nSPS) is 21.6. The number of hydrogen-bond acceptors (Lipinski definition) is 5. The summed E-state index contributed by atoms with van der Waals surface area (Å²) in [6, 6.07) is 6.03. The molecule has 8 nitrogen and oxygen atoms in total. The Hall–Kier alpha value is -3.99. The van der Waals surface area contributed by atoms with Gasteiger partial charge in [-0.1, -0.05) is 13.0 Å². The van der Waals surface area contributed by atoms with Crippen LogP contribution in [0.25, 0.3) is 11.3 Å². The van der Waals surface area contributed by atoms with Crippen molar-refractivity contribution in [3.63, 3.8) is 0 Å². The molecule has 2 aromatic heterocycles. The highest BCUT2D eigenvalue weighted by atomic mass is 19.1. The molecule has 1 saturated carbocycles. The van der Waals surface area contributed by atoms with E-state index < -0.39 is 52.9 Å². The van der Waals surface area contributed by atoms with Crippen molar-refractivity contribution in [2.75, 3.05) is 5.32 Å². The molecule has 0 bridgehead atoms. The summed E-state index contributed by atoms with van der Waals surface area (Å²) in [5.74, 6) is -4.24. The Labute approximate surface area is 204 Å². The number of aliphatic hydroxyl groups is 1. The first-order valence-electron chi connectivity index (χ1n) is 11.2. The van der Waals surface area contributed by atoms with Crippen molar-refractivity contribution in [1.82, 2.24) is 15.3 Å². The minimum atomic E-state index is -1.25. The predicted octanol–water partition coefficient (Wildman–Crippen LogP) is 4.32. The van der Waals surface area contributed by atoms with Crippen molar-refractivity contribution >= 4 is 17.7 Å². The van der Waals surface area contributed by atoms with Crippen LogP contribution < -0.4 is 10.6 Å². The molecule has 0 aliphatic heterocycles. The molecule has 2 heterocycles. The highest BCUT2D eigenvalue weighted by Crippen LogP contribution is 2.39. The number of carboxylic acid groups (broad SMARTS) is 1. The van der Waals surface area contributed by atoms with Gasteiger partial charge in [-0.25, -0.2) is 22.9 Å². The van der Waals surface area contributed by atoms with E-state index >= 15 is 0 Å². The Morgan fingerprint density at radius 2 is 1.75 bits per heavy atom. The lowest BCUT2D eigenvalue weighted by Gasteiger charge is -2.38. The second-order valence-electron chi connectivity index (χ2n) is 8.73. The number of carbonyl (C=O) groups is 2. The van der Waals surface area contributed by atoms with E-state index in [1.54, 1.807) is 13.0 Å². The highest BCUT2D eigenvalue weighted by molar-refractivity contribution is 6.03. The van der Waals surface area contributed by atoms with E-state index in [1.807, 2.05) is 0 Å². The summed E-state index contributed by atoms with van der Waals surface area (Å²) in [6.45, 7) is 1.80. The van der Waals surface area contributed by atoms with Crippen LogP contribution in [0, 0.1) is 23.4 Å². The molecule has 1 aliphatic rings. The van der Waals surface area contributed by atoms with Crippen LogP contribution in [0.1, 0.15) is 41.7 Å². The lowest BCUT2D eigenvalue weighted by Crippen LogP contribution is -2.49. The molecule has 36 heavy (non-hydrogen) atoms. The molecule has 1 aliphatic carbocycles. The highest BCUT2D eigenvalue weighted by Gasteiger charge is 2.37. The van der Waals surface area contributed by atoms with Gasteiger partial charge in [0.2, 0.25) is 0 Å². The fourth-order valence-electron chi connectivity index (χ4n) is 4.60. The number of nitrogens with one attached hydrogen (secondary N) is 2. The third-order valence-corrected chi connectivity index (χ3v) is 6.32. The number of nitrogens with zero attached hydrogens (tertiary/aromatic N) is 2. The number of hydrogen-bond donors (Lipinski definition) is 4. The Morgan fingerprint density at radius 3 is 2.44 bits per heavy atom. The molecule has 1 aromatic carbocycles. The average molecular weight is 500 g/mol. The van der Waals surface area contributed by atoms with Crippen LogP contribution in [0.3, 0.4) is 0 Å².